The van der Waals surface area contributed by atoms with Crippen molar-refractivity contribution < 1.29 is 4.79 Å². The number of hydrogen-bond acceptors (Lipinski definition) is 5. The van der Waals surface area contributed by atoms with Crippen molar-refractivity contribution in [1.29, 1.82) is 0 Å². The number of nitrogens with one attached hydrogen (secondary N) is 2. The summed E-state index contributed by atoms with van der Waals surface area (Å²) in [7, 11) is 0. The molecule has 25 heavy (non-hydrogen) atoms. The quantitative estimate of drug-likeness (QED) is 0.567. The molecule has 0 spiro atoms. The van der Waals surface area contributed by atoms with Gasteiger partial charge in [-0.3, -0.25) is 4.79 Å². The summed E-state index contributed by atoms with van der Waals surface area (Å²) in [5.74, 6) is 0.0566. The Morgan fingerprint density at radius 2 is 2.00 bits per heavy atom. The first kappa shape index (κ1) is 17.6. The third-order valence-electron chi connectivity index (χ3n) is 3.67. The number of rotatable bonds is 8. The van der Waals surface area contributed by atoms with Crippen LogP contribution in [0.1, 0.15) is 24.6 Å². The third kappa shape index (κ3) is 5.14. The first-order chi connectivity index (χ1) is 12.2. The predicted octanol–water partition coefficient (Wildman–Crippen LogP) is 5.26. The van der Waals surface area contributed by atoms with Crippen molar-refractivity contribution in [3.8, 4) is 11.3 Å². The van der Waals surface area contributed by atoms with E-state index in [4.69, 9.17) is 0 Å². The van der Waals surface area contributed by atoms with Gasteiger partial charge >= 0.3 is 0 Å². The molecule has 6 heteroatoms. The van der Waals surface area contributed by atoms with Crippen LogP contribution in [0.5, 0.6) is 0 Å². The van der Waals surface area contributed by atoms with Crippen LogP contribution in [0.4, 0.5) is 10.8 Å². The van der Waals surface area contributed by atoms with Gasteiger partial charge in [0.25, 0.3) is 0 Å². The van der Waals surface area contributed by atoms with Crippen LogP contribution in [0.3, 0.4) is 0 Å². The topological polar surface area (TPSA) is 54.0 Å². The lowest BCUT2D eigenvalue weighted by Crippen LogP contribution is -2.10. The minimum absolute atomic E-state index is 0.0566. The van der Waals surface area contributed by atoms with Crippen LogP contribution in [0.25, 0.3) is 11.3 Å². The highest BCUT2D eigenvalue weighted by Crippen LogP contribution is 2.26. The second-order valence-electron chi connectivity index (χ2n) is 5.67. The number of hydrogen-bond donors (Lipinski definition) is 2. The summed E-state index contributed by atoms with van der Waals surface area (Å²) in [5, 5.41) is 11.4. The Labute approximate surface area is 155 Å². The zero-order chi connectivity index (χ0) is 17.5. The molecule has 0 aliphatic heterocycles. The molecule has 0 saturated carbocycles. The van der Waals surface area contributed by atoms with Crippen molar-refractivity contribution in [1.82, 2.24) is 4.98 Å². The van der Waals surface area contributed by atoms with Crippen molar-refractivity contribution in [2.45, 2.75) is 26.2 Å². The Morgan fingerprint density at radius 1 is 1.16 bits per heavy atom. The summed E-state index contributed by atoms with van der Waals surface area (Å²) in [4.78, 5) is 17.6. The number of benzene rings is 1. The Kier molecular flexibility index (Phi) is 6.19. The molecule has 3 aromatic rings. The van der Waals surface area contributed by atoms with Crippen LogP contribution in [0.15, 0.2) is 47.2 Å². The van der Waals surface area contributed by atoms with Gasteiger partial charge in [0.2, 0.25) is 5.91 Å². The number of amides is 1. The van der Waals surface area contributed by atoms with Crippen LogP contribution < -0.4 is 10.6 Å². The van der Waals surface area contributed by atoms with Crippen molar-refractivity contribution in [2.75, 3.05) is 17.2 Å². The molecule has 130 valence electrons. The number of thiophene rings is 1. The standard InChI is InChI=1S/C19H21N3OS2/c1-2-4-18(23)21-15-8-6-14(7-9-15)17-13-25-19(22-17)20-11-10-16-5-3-12-24-16/h3,5-9,12-13H,2,4,10-11H2,1H3,(H,20,22)(H,21,23). The van der Waals surface area contributed by atoms with E-state index in [1.54, 1.807) is 22.7 Å². The molecular formula is C19H21N3OS2. The number of carbonyl (C=O) groups is 1. The van der Waals surface area contributed by atoms with Crippen LogP contribution >= 0.6 is 22.7 Å². The first-order valence-corrected chi connectivity index (χ1v) is 10.1. The fraction of sp³-hybridized carbons (Fsp3) is 0.263. The highest BCUT2D eigenvalue weighted by molar-refractivity contribution is 7.14. The van der Waals surface area contributed by atoms with Crippen LogP contribution in [0.2, 0.25) is 0 Å². The maximum atomic E-state index is 11.6. The molecule has 0 aliphatic carbocycles. The van der Waals surface area contributed by atoms with E-state index in [-0.39, 0.29) is 5.91 Å². The molecule has 3 rings (SSSR count). The number of aromatic nitrogens is 1. The fourth-order valence-electron chi connectivity index (χ4n) is 2.41. The van der Waals surface area contributed by atoms with Crippen molar-refractivity contribution in [3.63, 3.8) is 0 Å². The second kappa shape index (κ2) is 8.78. The van der Waals surface area contributed by atoms with E-state index >= 15 is 0 Å². The highest BCUT2D eigenvalue weighted by atomic mass is 32.1. The zero-order valence-electron chi connectivity index (χ0n) is 14.1. The summed E-state index contributed by atoms with van der Waals surface area (Å²) in [6.45, 7) is 2.88. The van der Waals surface area contributed by atoms with Gasteiger partial charge in [0, 0.05) is 34.5 Å². The molecule has 0 atom stereocenters. The molecule has 0 fully saturated rings. The molecule has 0 unspecified atom stereocenters. The van der Waals surface area contributed by atoms with Crippen molar-refractivity contribution in [2.24, 2.45) is 0 Å². The molecule has 1 amide bonds. The lowest BCUT2D eigenvalue weighted by Gasteiger charge is -2.05. The molecule has 2 N–H and O–H groups in total. The zero-order valence-corrected chi connectivity index (χ0v) is 15.8. The normalized spacial score (nSPS) is 10.6. The van der Waals surface area contributed by atoms with Crippen LogP contribution in [-0.2, 0) is 11.2 Å². The largest absolute Gasteiger partial charge is 0.361 e. The Morgan fingerprint density at radius 3 is 2.72 bits per heavy atom. The van der Waals surface area contributed by atoms with Gasteiger partial charge in [-0.1, -0.05) is 25.1 Å². The van der Waals surface area contributed by atoms with Gasteiger partial charge in [-0.2, -0.15) is 0 Å². The maximum absolute atomic E-state index is 11.6. The van der Waals surface area contributed by atoms with E-state index in [1.165, 1.54) is 4.88 Å². The van der Waals surface area contributed by atoms with Gasteiger partial charge < -0.3 is 10.6 Å². The number of thiazole rings is 1. The highest BCUT2D eigenvalue weighted by Gasteiger charge is 2.06. The Hall–Kier alpha value is -2.18. The van der Waals surface area contributed by atoms with E-state index in [9.17, 15) is 4.79 Å². The summed E-state index contributed by atoms with van der Waals surface area (Å²) >= 11 is 3.40. The average Bonchev–Trinajstić information content (AvgIpc) is 3.28. The van der Waals surface area contributed by atoms with Crippen molar-refractivity contribution >= 4 is 39.4 Å². The summed E-state index contributed by atoms with van der Waals surface area (Å²) in [6, 6.07) is 12.1. The Bertz CT molecular complexity index is 794. The van der Waals surface area contributed by atoms with E-state index < -0.39 is 0 Å². The maximum Gasteiger partial charge on any atom is 0.224 e. The summed E-state index contributed by atoms with van der Waals surface area (Å²) in [5.41, 5.74) is 2.83. The predicted molar refractivity (Wildman–Crippen MR) is 108 cm³/mol. The molecule has 0 radical (unpaired) electrons. The van der Waals surface area contributed by atoms with Gasteiger partial charge in [-0.15, -0.1) is 22.7 Å². The number of nitrogens with zero attached hydrogens (tertiary/aromatic N) is 1. The van der Waals surface area contributed by atoms with E-state index in [0.717, 1.165) is 41.5 Å². The lowest BCUT2D eigenvalue weighted by atomic mass is 10.1. The first-order valence-electron chi connectivity index (χ1n) is 8.36. The minimum atomic E-state index is 0.0566. The number of anilines is 2. The molecule has 0 bridgehead atoms. The summed E-state index contributed by atoms with van der Waals surface area (Å²) in [6.07, 6.45) is 2.41. The minimum Gasteiger partial charge on any atom is -0.361 e. The second-order valence-corrected chi connectivity index (χ2v) is 7.56. The third-order valence-corrected chi connectivity index (χ3v) is 5.41. The average molecular weight is 372 g/mol. The van der Waals surface area contributed by atoms with Crippen molar-refractivity contribution in [3.05, 3.63) is 52.0 Å². The van der Waals surface area contributed by atoms with Gasteiger partial charge in [0.05, 0.1) is 5.69 Å². The van der Waals surface area contributed by atoms with Gasteiger partial charge in [0.1, 0.15) is 0 Å². The smallest absolute Gasteiger partial charge is 0.224 e. The number of carbonyl (C=O) groups excluding carboxylic acids is 1. The molecule has 0 saturated heterocycles. The molecule has 0 aliphatic rings. The molecular weight excluding hydrogens is 350 g/mol. The SMILES string of the molecule is CCCC(=O)Nc1ccc(-c2csc(NCCc3cccs3)n2)cc1. The summed E-state index contributed by atoms with van der Waals surface area (Å²) < 4.78 is 0. The van der Waals surface area contributed by atoms with E-state index in [1.807, 2.05) is 31.2 Å². The van der Waals surface area contributed by atoms with Gasteiger partial charge in [-0.05, 0) is 36.4 Å². The van der Waals surface area contributed by atoms with E-state index in [0.29, 0.717) is 6.42 Å². The van der Waals surface area contributed by atoms with Gasteiger partial charge in [0.15, 0.2) is 5.13 Å². The van der Waals surface area contributed by atoms with Crippen LogP contribution in [0, 0.1) is 0 Å². The lowest BCUT2D eigenvalue weighted by molar-refractivity contribution is -0.116. The Balaban J connectivity index is 1.55. The van der Waals surface area contributed by atoms with Gasteiger partial charge in [-0.25, -0.2) is 4.98 Å². The monoisotopic (exact) mass is 371 g/mol. The molecule has 4 nitrogen and oxygen atoms in total. The molecule has 1 aromatic carbocycles. The van der Waals surface area contributed by atoms with Crippen LogP contribution in [-0.4, -0.2) is 17.4 Å². The molecule has 2 heterocycles. The fourth-order valence-corrected chi connectivity index (χ4v) is 3.87. The van der Waals surface area contributed by atoms with E-state index in [2.05, 4.69) is 38.5 Å². The molecule has 2 aromatic heterocycles.